The standard InChI is InChI=1S/C23H26N2O6/c1-15(16-7-5-4-6-8-16)24-21(26)14-31-23(28)17-11-22(27)25(13-17)19-12-18(29-2)9-10-20(19)30-3/h4-10,12,15,17H,11,13-14H2,1-3H3,(H,24,26)/t15-,17-/m1/s1. The highest BCUT2D eigenvalue weighted by molar-refractivity contribution is 6.01. The third-order valence-electron chi connectivity index (χ3n) is 5.16. The van der Waals surface area contributed by atoms with Crippen LogP contribution < -0.4 is 19.7 Å². The highest BCUT2D eigenvalue weighted by Gasteiger charge is 2.37. The van der Waals surface area contributed by atoms with E-state index in [-0.39, 0.29) is 24.9 Å². The molecule has 8 heteroatoms. The van der Waals surface area contributed by atoms with E-state index in [4.69, 9.17) is 14.2 Å². The molecule has 31 heavy (non-hydrogen) atoms. The third kappa shape index (κ3) is 5.33. The molecule has 0 aromatic heterocycles. The van der Waals surface area contributed by atoms with E-state index in [2.05, 4.69) is 5.32 Å². The first-order chi connectivity index (χ1) is 14.9. The number of rotatable bonds is 8. The molecule has 0 bridgehead atoms. The van der Waals surface area contributed by atoms with Crippen LogP contribution in [0.5, 0.6) is 11.5 Å². The zero-order chi connectivity index (χ0) is 22.4. The number of carbonyl (C=O) groups is 3. The van der Waals surface area contributed by atoms with Gasteiger partial charge in [-0.05, 0) is 24.6 Å². The Hall–Kier alpha value is -3.55. The Labute approximate surface area is 181 Å². The Morgan fingerprint density at radius 2 is 1.87 bits per heavy atom. The van der Waals surface area contributed by atoms with Crippen molar-refractivity contribution >= 4 is 23.5 Å². The molecule has 164 valence electrons. The molecule has 1 heterocycles. The summed E-state index contributed by atoms with van der Waals surface area (Å²) >= 11 is 0. The molecule has 0 radical (unpaired) electrons. The molecule has 2 amide bonds. The van der Waals surface area contributed by atoms with Crippen LogP contribution >= 0.6 is 0 Å². The maximum Gasteiger partial charge on any atom is 0.311 e. The van der Waals surface area contributed by atoms with E-state index < -0.39 is 24.4 Å². The molecule has 0 aliphatic carbocycles. The van der Waals surface area contributed by atoms with Crippen molar-refractivity contribution in [3.63, 3.8) is 0 Å². The van der Waals surface area contributed by atoms with E-state index in [9.17, 15) is 14.4 Å². The van der Waals surface area contributed by atoms with Crippen LogP contribution in [-0.4, -0.2) is 45.2 Å². The summed E-state index contributed by atoms with van der Waals surface area (Å²) in [6, 6.07) is 14.4. The van der Waals surface area contributed by atoms with Crippen molar-refractivity contribution in [3.05, 3.63) is 54.1 Å². The molecule has 3 rings (SSSR count). The maximum absolute atomic E-state index is 12.5. The van der Waals surface area contributed by atoms with Crippen molar-refractivity contribution in [2.24, 2.45) is 5.92 Å². The quantitative estimate of drug-likeness (QED) is 0.652. The maximum atomic E-state index is 12.5. The van der Waals surface area contributed by atoms with Gasteiger partial charge in [0.15, 0.2) is 6.61 Å². The van der Waals surface area contributed by atoms with Gasteiger partial charge in [-0.1, -0.05) is 30.3 Å². The third-order valence-corrected chi connectivity index (χ3v) is 5.16. The van der Waals surface area contributed by atoms with Gasteiger partial charge in [-0.15, -0.1) is 0 Å². The Kier molecular flexibility index (Phi) is 7.12. The second-order valence-corrected chi connectivity index (χ2v) is 7.25. The van der Waals surface area contributed by atoms with E-state index in [0.29, 0.717) is 17.2 Å². The average molecular weight is 426 g/mol. The summed E-state index contributed by atoms with van der Waals surface area (Å²) in [5.74, 6) is -0.810. The first-order valence-electron chi connectivity index (χ1n) is 9.96. The van der Waals surface area contributed by atoms with E-state index in [0.717, 1.165) is 5.56 Å². The van der Waals surface area contributed by atoms with Crippen LogP contribution in [0.25, 0.3) is 0 Å². The van der Waals surface area contributed by atoms with Crippen molar-refractivity contribution in [1.82, 2.24) is 5.32 Å². The van der Waals surface area contributed by atoms with Gasteiger partial charge in [-0.3, -0.25) is 14.4 Å². The van der Waals surface area contributed by atoms with Crippen molar-refractivity contribution in [2.75, 3.05) is 32.3 Å². The zero-order valence-corrected chi connectivity index (χ0v) is 17.8. The number of esters is 1. The monoisotopic (exact) mass is 426 g/mol. The van der Waals surface area contributed by atoms with Gasteiger partial charge in [-0.2, -0.15) is 0 Å². The minimum Gasteiger partial charge on any atom is -0.497 e. The van der Waals surface area contributed by atoms with Crippen LogP contribution in [0.15, 0.2) is 48.5 Å². The number of amides is 2. The number of benzene rings is 2. The molecule has 8 nitrogen and oxygen atoms in total. The molecular formula is C23H26N2O6. The van der Waals surface area contributed by atoms with Crippen LogP contribution in [0.4, 0.5) is 5.69 Å². The predicted molar refractivity (Wildman–Crippen MR) is 114 cm³/mol. The van der Waals surface area contributed by atoms with Crippen LogP contribution in [-0.2, 0) is 19.1 Å². The van der Waals surface area contributed by atoms with E-state index in [1.807, 2.05) is 37.3 Å². The molecule has 0 spiro atoms. The average Bonchev–Trinajstić information content (AvgIpc) is 3.19. The van der Waals surface area contributed by atoms with Gasteiger partial charge in [0.2, 0.25) is 5.91 Å². The molecule has 1 fully saturated rings. The number of anilines is 1. The van der Waals surface area contributed by atoms with Crippen LogP contribution in [0.2, 0.25) is 0 Å². The first-order valence-corrected chi connectivity index (χ1v) is 9.96. The number of methoxy groups -OCH3 is 2. The molecular weight excluding hydrogens is 400 g/mol. The van der Waals surface area contributed by atoms with Gasteiger partial charge < -0.3 is 24.4 Å². The van der Waals surface area contributed by atoms with Gasteiger partial charge in [0.1, 0.15) is 11.5 Å². The van der Waals surface area contributed by atoms with Gasteiger partial charge in [-0.25, -0.2) is 0 Å². The summed E-state index contributed by atoms with van der Waals surface area (Å²) in [5, 5.41) is 2.79. The second kappa shape index (κ2) is 9.97. The zero-order valence-electron chi connectivity index (χ0n) is 17.8. The molecule has 2 aromatic rings. The molecule has 0 unspecified atom stereocenters. The van der Waals surface area contributed by atoms with Gasteiger partial charge in [0, 0.05) is 19.0 Å². The lowest BCUT2D eigenvalue weighted by molar-refractivity contribution is -0.152. The van der Waals surface area contributed by atoms with E-state index >= 15 is 0 Å². The van der Waals surface area contributed by atoms with Crippen molar-refractivity contribution in [2.45, 2.75) is 19.4 Å². The van der Waals surface area contributed by atoms with Crippen LogP contribution in [0.3, 0.4) is 0 Å². The summed E-state index contributed by atoms with van der Waals surface area (Å²) in [7, 11) is 3.04. The second-order valence-electron chi connectivity index (χ2n) is 7.25. The first kappa shape index (κ1) is 22.1. The Balaban J connectivity index is 1.56. The largest absolute Gasteiger partial charge is 0.497 e. The predicted octanol–water partition coefficient (Wildman–Crippen LogP) is 2.48. The minimum absolute atomic E-state index is 0.00122. The Morgan fingerprint density at radius 1 is 1.13 bits per heavy atom. The highest BCUT2D eigenvalue weighted by Crippen LogP contribution is 2.36. The van der Waals surface area contributed by atoms with Gasteiger partial charge in [0.25, 0.3) is 5.91 Å². The summed E-state index contributed by atoms with van der Waals surface area (Å²) in [5.41, 5.74) is 1.48. The summed E-state index contributed by atoms with van der Waals surface area (Å²) < 4.78 is 15.7. The van der Waals surface area contributed by atoms with E-state index in [1.54, 1.807) is 18.2 Å². The molecule has 2 atom stereocenters. The van der Waals surface area contributed by atoms with Gasteiger partial charge >= 0.3 is 5.97 Å². The fourth-order valence-electron chi connectivity index (χ4n) is 3.47. The number of hydrogen-bond acceptors (Lipinski definition) is 6. The van der Waals surface area contributed by atoms with Crippen LogP contribution in [0, 0.1) is 5.92 Å². The summed E-state index contributed by atoms with van der Waals surface area (Å²) in [6.45, 7) is 1.59. The Morgan fingerprint density at radius 3 is 2.55 bits per heavy atom. The van der Waals surface area contributed by atoms with Crippen molar-refractivity contribution in [3.8, 4) is 11.5 Å². The number of carbonyl (C=O) groups excluding carboxylic acids is 3. The fourth-order valence-corrected chi connectivity index (χ4v) is 3.47. The number of nitrogens with one attached hydrogen (secondary N) is 1. The molecule has 0 saturated carbocycles. The normalized spacial score (nSPS) is 16.5. The highest BCUT2D eigenvalue weighted by atomic mass is 16.5. The fraction of sp³-hybridized carbons (Fsp3) is 0.348. The number of hydrogen-bond donors (Lipinski definition) is 1. The smallest absolute Gasteiger partial charge is 0.311 e. The molecule has 1 aliphatic heterocycles. The number of nitrogens with zero attached hydrogens (tertiary/aromatic N) is 1. The molecule has 2 aromatic carbocycles. The lowest BCUT2D eigenvalue weighted by Gasteiger charge is -2.20. The topological polar surface area (TPSA) is 94.2 Å². The summed E-state index contributed by atoms with van der Waals surface area (Å²) in [6.07, 6.45) is 0.00122. The van der Waals surface area contributed by atoms with E-state index in [1.165, 1.54) is 19.1 Å². The van der Waals surface area contributed by atoms with Crippen molar-refractivity contribution in [1.29, 1.82) is 0 Å². The number of ether oxygens (including phenoxy) is 3. The minimum atomic E-state index is -0.664. The lowest BCUT2D eigenvalue weighted by atomic mass is 10.1. The molecule has 1 aliphatic rings. The molecule has 1 N–H and O–H groups in total. The van der Waals surface area contributed by atoms with Crippen molar-refractivity contribution < 1.29 is 28.6 Å². The van der Waals surface area contributed by atoms with Gasteiger partial charge in [0.05, 0.1) is 31.9 Å². The summed E-state index contributed by atoms with van der Waals surface area (Å²) in [4.78, 5) is 38.6. The molecule has 1 saturated heterocycles. The Bertz CT molecular complexity index is 946. The SMILES string of the molecule is COc1ccc(OC)c(N2C[C@H](C(=O)OCC(=O)N[C@H](C)c3ccccc3)CC2=O)c1. The van der Waals surface area contributed by atoms with Crippen LogP contribution in [0.1, 0.15) is 24.9 Å². The lowest BCUT2D eigenvalue weighted by Crippen LogP contribution is -2.32.